The van der Waals surface area contributed by atoms with Crippen LogP contribution in [-0.2, 0) is 22.3 Å². The highest BCUT2D eigenvalue weighted by Gasteiger charge is 2.26. The van der Waals surface area contributed by atoms with Gasteiger partial charge < -0.3 is 4.55 Å². The van der Waals surface area contributed by atoms with E-state index in [4.69, 9.17) is 16.6 Å². The quantitative estimate of drug-likeness (QED) is 0.516. The molecule has 3 aromatic rings. The molecule has 1 heterocycles. The first-order valence-corrected chi connectivity index (χ1v) is 11.3. The van der Waals surface area contributed by atoms with Crippen molar-refractivity contribution in [1.82, 2.24) is 4.98 Å². The van der Waals surface area contributed by atoms with E-state index in [1.54, 1.807) is 35.6 Å². The van der Waals surface area contributed by atoms with Crippen LogP contribution in [0.5, 0.6) is 0 Å². The normalized spacial score (nSPS) is 17.8. The van der Waals surface area contributed by atoms with Crippen molar-refractivity contribution < 1.29 is 13.6 Å². The fourth-order valence-electron chi connectivity index (χ4n) is 3.48. The third kappa shape index (κ3) is 4.10. The van der Waals surface area contributed by atoms with E-state index in [-0.39, 0.29) is 10.8 Å². The summed E-state index contributed by atoms with van der Waals surface area (Å²) in [6.45, 7) is 0. The molecule has 2 atom stereocenters. The lowest BCUT2D eigenvalue weighted by molar-refractivity contribution is -0.120. The fourth-order valence-corrected chi connectivity index (χ4v) is 5.14. The van der Waals surface area contributed by atoms with Crippen LogP contribution in [0.2, 0.25) is 5.02 Å². The van der Waals surface area contributed by atoms with Crippen LogP contribution < -0.4 is 0 Å². The lowest BCUT2D eigenvalue weighted by Crippen LogP contribution is -2.09. The van der Waals surface area contributed by atoms with E-state index in [1.807, 2.05) is 24.3 Å². The van der Waals surface area contributed by atoms with Crippen LogP contribution in [0.3, 0.4) is 0 Å². The largest absolute Gasteiger partial charge is 0.768 e. The van der Waals surface area contributed by atoms with Gasteiger partial charge in [-0.25, -0.2) is 4.98 Å². The van der Waals surface area contributed by atoms with Gasteiger partial charge in [0.1, 0.15) is 5.78 Å². The molecule has 28 heavy (non-hydrogen) atoms. The van der Waals surface area contributed by atoms with Crippen LogP contribution in [0.25, 0.3) is 21.7 Å². The molecule has 2 unspecified atom stereocenters. The third-order valence-electron chi connectivity index (χ3n) is 4.95. The fraction of sp³-hybridized carbons (Fsp3) is 0.238. The van der Waals surface area contributed by atoms with Gasteiger partial charge in [0.05, 0.1) is 15.6 Å². The van der Waals surface area contributed by atoms with Gasteiger partial charge in [-0.15, -0.1) is 11.3 Å². The topological polar surface area (TPSA) is 70.1 Å². The number of carbonyl (C=O) groups excluding carboxylic acids is 1. The molecule has 0 N–H and O–H groups in total. The second-order valence-corrected chi connectivity index (χ2v) is 9.27. The summed E-state index contributed by atoms with van der Waals surface area (Å²) in [6, 6.07) is 14.3. The minimum atomic E-state index is -2.25. The first-order valence-electron chi connectivity index (χ1n) is 8.99. The number of carbonyl (C=O) groups is 1. The maximum Gasteiger partial charge on any atom is 0.136 e. The van der Waals surface area contributed by atoms with Gasteiger partial charge >= 0.3 is 0 Å². The van der Waals surface area contributed by atoms with Crippen LogP contribution in [0.4, 0.5) is 0 Å². The monoisotopic (exact) mass is 430 g/mol. The van der Waals surface area contributed by atoms with Crippen LogP contribution in [0.15, 0.2) is 53.4 Å². The number of thiazole rings is 1. The van der Waals surface area contributed by atoms with Crippen molar-refractivity contribution in [2.45, 2.75) is 30.6 Å². The Hall–Kier alpha value is -1.86. The van der Waals surface area contributed by atoms with E-state index >= 15 is 0 Å². The van der Waals surface area contributed by atoms with E-state index in [0.29, 0.717) is 23.6 Å². The van der Waals surface area contributed by atoms with Crippen molar-refractivity contribution in [2.75, 3.05) is 0 Å². The number of hydrogen-bond acceptors (Lipinski definition) is 5. The number of benzene rings is 2. The summed E-state index contributed by atoms with van der Waals surface area (Å²) < 4.78 is 22.3. The number of aromatic nitrogens is 1. The molecular weight excluding hydrogens is 414 g/mol. The van der Waals surface area contributed by atoms with Gasteiger partial charge in [-0.2, -0.15) is 0 Å². The van der Waals surface area contributed by atoms with Crippen molar-refractivity contribution in [2.24, 2.45) is 5.92 Å². The van der Waals surface area contributed by atoms with Gasteiger partial charge in [-0.1, -0.05) is 35.9 Å². The Labute approximate surface area is 174 Å². The molecular formula is C21H17ClNO3S2-. The van der Waals surface area contributed by atoms with E-state index in [0.717, 1.165) is 39.5 Å². The summed E-state index contributed by atoms with van der Waals surface area (Å²) in [4.78, 5) is 18.1. The Morgan fingerprint density at radius 3 is 2.39 bits per heavy atom. The van der Waals surface area contributed by atoms with E-state index in [9.17, 15) is 13.6 Å². The molecule has 0 radical (unpaired) electrons. The van der Waals surface area contributed by atoms with Crippen LogP contribution in [0, 0.1) is 5.92 Å². The minimum absolute atomic E-state index is 0.0577. The lowest BCUT2D eigenvalue weighted by atomic mass is 10.0. The van der Waals surface area contributed by atoms with Crippen molar-refractivity contribution >= 4 is 39.8 Å². The molecule has 1 aliphatic rings. The summed E-state index contributed by atoms with van der Waals surface area (Å²) in [5, 5.41) is 1.58. The van der Waals surface area contributed by atoms with Crippen molar-refractivity contribution in [3.05, 3.63) is 58.6 Å². The van der Waals surface area contributed by atoms with Gasteiger partial charge in [0, 0.05) is 34.2 Å². The molecule has 0 aliphatic heterocycles. The molecule has 1 aliphatic carbocycles. The molecule has 2 aromatic carbocycles. The highest BCUT2D eigenvalue weighted by molar-refractivity contribution is 7.79. The molecule has 1 aromatic heterocycles. The van der Waals surface area contributed by atoms with E-state index < -0.39 is 11.1 Å². The van der Waals surface area contributed by atoms with Gasteiger partial charge in [0.25, 0.3) is 0 Å². The predicted octanol–water partition coefficient (Wildman–Crippen LogP) is 5.28. The smallest absolute Gasteiger partial charge is 0.136 e. The van der Waals surface area contributed by atoms with Gasteiger partial charge in [-0.3, -0.25) is 9.00 Å². The summed E-state index contributed by atoms with van der Waals surface area (Å²) in [6.07, 6.45) is 3.21. The zero-order valence-corrected chi connectivity index (χ0v) is 17.3. The van der Waals surface area contributed by atoms with Gasteiger partial charge in [0.15, 0.2) is 0 Å². The average Bonchev–Trinajstić information content (AvgIpc) is 3.29. The molecule has 0 spiro atoms. The molecule has 4 nitrogen and oxygen atoms in total. The Bertz CT molecular complexity index is 1030. The third-order valence-corrected chi connectivity index (χ3v) is 6.99. The predicted molar refractivity (Wildman–Crippen MR) is 111 cm³/mol. The van der Waals surface area contributed by atoms with Crippen LogP contribution >= 0.6 is 22.9 Å². The first kappa shape index (κ1) is 19.5. The summed E-state index contributed by atoms with van der Waals surface area (Å²) in [5.41, 5.74) is 2.68. The SMILES string of the molecule is O=C1CCCC1Cc1nc(-c2ccc(Cl)cc2)c(-c2ccc(S(=O)[O-])cc2)s1. The molecule has 1 fully saturated rings. The maximum atomic E-state index is 12.1. The van der Waals surface area contributed by atoms with E-state index in [2.05, 4.69) is 0 Å². The summed E-state index contributed by atoms with van der Waals surface area (Å²) >= 11 is 5.33. The summed E-state index contributed by atoms with van der Waals surface area (Å²) in [5.74, 6) is 0.384. The van der Waals surface area contributed by atoms with Crippen LogP contribution in [0.1, 0.15) is 24.3 Å². The molecule has 7 heteroatoms. The number of nitrogens with zero attached hydrogens (tertiary/aromatic N) is 1. The van der Waals surface area contributed by atoms with Gasteiger partial charge in [0.2, 0.25) is 0 Å². The van der Waals surface area contributed by atoms with E-state index in [1.165, 1.54) is 0 Å². The van der Waals surface area contributed by atoms with Crippen molar-refractivity contribution in [1.29, 1.82) is 0 Å². The highest BCUT2D eigenvalue weighted by atomic mass is 35.5. The number of rotatable bonds is 5. The Morgan fingerprint density at radius 2 is 1.79 bits per heavy atom. The molecule has 144 valence electrons. The molecule has 4 rings (SSSR count). The zero-order chi connectivity index (χ0) is 19.7. The number of hydrogen-bond donors (Lipinski definition) is 0. The minimum Gasteiger partial charge on any atom is -0.768 e. The first-order chi connectivity index (χ1) is 13.5. The standard InChI is InChI=1S/C21H18ClNO3S2/c22-16-8-4-13(5-9-16)20-21(14-6-10-17(11-7-14)28(25)26)27-19(23-20)12-15-2-1-3-18(15)24/h4-11,15H,1-3,12H2,(H,25,26)/p-1. The van der Waals surface area contributed by atoms with Crippen molar-refractivity contribution in [3.8, 4) is 21.7 Å². The molecule has 1 saturated carbocycles. The lowest BCUT2D eigenvalue weighted by Gasteiger charge is -2.07. The van der Waals surface area contributed by atoms with Crippen LogP contribution in [-0.4, -0.2) is 19.5 Å². The molecule has 0 bridgehead atoms. The molecule has 0 amide bonds. The van der Waals surface area contributed by atoms with Crippen molar-refractivity contribution in [3.63, 3.8) is 0 Å². The highest BCUT2D eigenvalue weighted by Crippen LogP contribution is 2.39. The second-order valence-electron chi connectivity index (χ2n) is 6.81. The Balaban J connectivity index is 1.74. The van der Waals surface area contributed by atoms with Gasteiger partial charge in [-0.05, 0) is 53.8 Å². The molecule has 0 saturated heterocycles. The summed E-state index contributed by atoms with van der Waals surface area (Å²) in [7, 11) is 0. The average molecular weight is 431 g/mol. The Morgan fingerprint density at radius 1 is 1.11 bits per heavy atom. The number of halogens is 1. The zero-order valence-electron chi connectivity index (χ0n) is 14.9. The second kappa shape index (κ2) is 8.25. The number of Topliss-reactive ketones (excluding diaryl/α,β-unsaturated/α-hetero) is 1. The number of ketones is 1. The Kier molecular flexibility index (Phi) is 5.73. The maximum absolute atomic E-state index is 12.1.